The number of nitrogens with one attached hydrogen (secondary N) is 2. The van der Waals surface area contributed by atoms with E-state index < -0.39 is 12.1 Å². The monoisotopic (exact) mass is 421 g/mol. The smallest absolute Gasteiger partial charge is 0.475 e. The second kappa shape index (κ2) is 7.87. The molecule has 0 unspecified atom stereocenters. The van der Waals surface area contributed by atoms with Crippen molar-refractivity contribution >= 4 is 38.9 Å². The molecule has 1 fully saturated rings. The van der Waals surface area contributed by atoms with Gasteiger partial charge in [-0.1, -0.05) is 18.2 Å². The van der Waals surface area contributed by atoms with Gasteiger partial charge in [0.25, 0.3) is 5.91 Å². The molecule has 1 atom stereocenters. The van der Waals surface area contributed by atoms with Crippen LogP contribution in [0.25, 0.3) is 10.9 Å². The van der Waals surface area contributed by atoms with Crippen LogP contribution in [0.1, 0.15) is 16.9 Å². The minimum Gasteiger partial charge on any atom is -0.475 e. The molecule has 1 aromatic heterocycles. The van der Waals surface area contributed by atoms with Gasteiger partial charge in [0, 0.05) is 17.4 Å². The Hall–Kier alpha value is -2.07. The standard InChI is InChI=1S/C13H14BrN3O.C2HF3O2/c14-17(10-5-6-15-8-10)13(18)12-7-9-3-1-2-4-11(9)16-12;3-2(4,5)1(6)7/h1-4,7,10,15-16H,5-6,8H2;(H,6,7)/t10-;/m0./s1. The van der Waals surface area contributed by atoms with Crippen LogP contribution in [0.3, 0.4) is 0 Å². The first-order valence-corrected chi connectivity index (χ1v) is 7.99. The van der Waals surface area contributed by atoms with E-state index in [0.29, 0.717) is 5.69 Å². The molecule has 2 aromatic rings. The average Bonchev–Trinajstić information content (AvgIpc) is 3.22. The number of nitrogens with zero attached hydrogens (tertiary/aromatic N) is 1. The van der Waals surface area contributed by atoms with Crippen molar-refractivity contribution in [2.75, 3.05) is 13.1 Å². The molecule has 0 spiro atoms. The van der Waals surface area contributed by atoms with Crippen LogP contribution >= 0.6 is 16.1 Å². The predicted octanol–water partition coefficient (Wildman–Crippen LogP) is 2.92. The summed E-state index contributed by atoms with van der Waals surface area (Å²) >= 11 is 3.39. The van der Waals surface area contributed by atoms with Gasteiger partial charge in [-0.05, 0) is 25.1 Å². The van der Waals surface area contributed by atoms with Gasteiger partial charge in [0.2, 0.25) is 0 Å². The van der Waals surface area contributed by atoms with Crippen molar-refractivity contribution in [1.82, 2.24) is 14.2 Å². The molecule has 1 aromatic carbocycles. The van der Waals surface area contributed by atoms with Gasteiger partial charge in [-0.25, -0.2) is 4.79 Å². The zero-order chi connectivity index (χ0) is 18.6. The molecule has 2 heterocycles. The molecular formula is C15H15BrF3N3O3. The molecule has 0 saturated carbocycles. The number of rotatable bonds is 2. The second-order valence-corrected chi connectivity index (χ2v) is 6.10. The van der Waals surface area contributed by atoms with Gasteiger partial charge in [-0.2, -0.15) is 13.2 Å². The summed E-state index contributed by atoms with van der Waals surface area (Å²) < 4.78 is 33.4. The van der Waals surface area contributed by atoms with Crippen LogP contribution in [0.4, 0.5) is 13.2 Å². The molecule has 1 amide bonds. The number of carbonyl (C=O) groups is 2. The van der Waals surface area contributed by atoms with Crippen LogP contribution < -0.4 is 5.32 Å². The van der Waals surface area contributed by atoms with Gasteiger partial charge in [0.15, 0.2) is 0 Å². The number of halogens is 4. The number of carbonyl (C=O) groups excluding carboxylic acids is 1. The Morgan fingerprint density at radius 1 is 1.28 bits per heavy atom. The van der Waals surface area contributed by atoms with Crippen molar-refractivity contribution in [3.05, 3.63) is 36.0 Å². The average molecular weight is 422 g/mol. The van der Waals surface area contributed by atoms with Crippen LogP contribution in [0.5, 0.6) is 0 Å². The van der Waals surface area contributed by atoms with Crippen molar-refractivity contribution in [3.63, 3.8) is 0 Å². The van der Waals surface area contributed by atoms with Crippen molar-refractivity contribution < 1.29 is 27.9 Å². The van der Waals surface area contributed by atoms with Crippen LogP contribution in [0.2, 0.25) is 0 Å². The number of H-pyrrole nitrogens is 1. The fraction of sp³-hybridized carbons (Fsp3) is 0.333. The molecule has 1 aliphatic heterocycles. The molecule has 136 valence electrons. The van der Waals surface area contributed by atoms with Crippen molar-refractivity contribution in [3.8, 4) is 0 Å². The molecule has 3 N–H and O–H groups in total. The molecule has 6 nitrogen and oxygen atoms in total. The Kier molecular flexibility index (Phi) is 6.07. The molecule has 0 radical (unpaired) electrons. The molecule has 0 aliphatic carbocycles. The summed E-state index contributed by atoms with van der Waals surface area (Å²) in [5, 5.41) is 11.4. The summed E-state index contributed by atoms with van der Waals surface area (Å²) in [5.74, 6) is -2.77. The first-order valence-electron chi connectivity index (χ1n) is 7.28. The number of carboxylic acids is 1. The number of amides is 1. The SMILES string of the molecule is O=C(O)C(F)(F)F.O=C(c1cc2ccccc2[nH]1)N(Br)[C@H]1CCNC1. The van der Waals surface area contributed by atoms with E-state index in [9.17, 15) is 18.0 Å². The largest absolute Gasteiger partial charge is 0.490 e. The van der Waals surface area contributed by atoms with Gasteiger partial charge < -0.3 is 15.4 Å². The van der Waals surface area contributed by atoms with Gasteiger partial charge in [-0.15, -0.1) is 0 Å². The quantitative estimate of drug-likeness (QED) is 0.650. The zero-order valence-corrected chi connectivity index (χ0v) is 14.4. The van der Waals surface area contributed by atoms with E-state index in [4.69, 9.17) is 9.90 Å². The molecule has 3 rings (SSSR count). The molecular weight excluding hydrogens is 407 g/mol. The number of fused-ring (bicyclic) bond motifs is 1. The lowest BCUT2D eigenvalue weighted by molar-refractivity contribution is -0.192. The third-order valence-electron chi connectivity index (χ3n) is 3.55. The number of hydrogen-bond acceptors (Lipinski definition) is 3. The Balaban J connectivity index is 0.000000277. The fourth-order valence-corrected chi connectivity index (χ4v) is 2.84. The third-order valence-corrected chi connectivity index (χ3v) is 4.45. The van der Waals surface area contributed by atoms with E-state index >= 15 is 0 Å². The van der Waals surface area contributed by atoms with Gasteiger partial charge in [-0.3, -0.25) is 8.72 Å². The first kappa shape index (κ1) is 19.3. The van der Waals surface area contributed by atoms with Crippen LogP contribution in [-0.2, 0) is 4.79 Å². The number of alkyl halides is 3. The van der Waals surface area contributed by atoms with E-state index in [-0.39, 0.29) is 11.9 Å². The lowest BCUT2D eigenvalue weighted by atomic mass is 10.2. The first-order chi connectivity index (χ1) is 11.7. The summed E-state index contributed by atoms with van der Waals surface area (Å²) in [4.78, 5) is 24.4. The Morgan fingerprint density at radius 3 is 2.44 bits per heavy atom. The van der Waals surface area contributed by atoms with Crippen LogP contribution in [0, 0.1) is 0 Å². The van der Waals surface area contributed by atoms with E-state index in [1.807, 2.05) is 30.3 Å². The Labute approximate surface area is 149 Å². The second-order valence-electron chi connectivity index (χ2n) is 5.34. The molecule has 25 heavy (non-hydrogen) atoms. The minimum absolute atomic E-state index is 0.0140. The van der Waals surface area contributed by atoms with E-state index in [1.165, 1.54) is 0 Å². The number of para-hydroxylation sites is 1. The summed E-state index contributed by atoms with van der Waals surface area (Å²) in [7, 11) is 0. The fourth-order valence-electron chi connectivity index (χ4n) is 2.30. The van der Waals surface area contributed by atoms with Crippen molar-refractivity contribution in [2.24, 2.45) is 0 Å². The number of aromatic amines is 1. The lowest BCUT2D eigenvalue weighted by Gasteiger charge is -2.20. The maximum Gasteiger partial charge on any atom is 0.490 e. The van der Waals surface area contributed by atoms with Gasteiger partial charge >= 0.3 is 12.1 Å². The maximum absolute atomic E-state index is 12.3. The lowest BCUT2D eigenvalue weighted by Crippen LogP contribution is -2.34. The van der Waals surface area contributed by atoms with E-state index in [1.54, 1.807) is 3.93 Å². The predicted molar refractivity (Wildman–Crippen MR) is 88.4 cm³/mol. The Morgan fingerprint density at radius 2 is 1.92 bits per heavy atom. The number of hydrogen-bond donors (Lipinski definition) is 3. The molecule has 0 bridgehead atoms. The zero-order valence-electron chi connectivity index (χ0n) is 12.8. The topological polar surface area (TPSA) is 85.4 Å². The highest BCUT2D eigenvalue weighted by atomic mass is 79.9. The summed E-state index contributed by atoms with van der Waals surface area (Å²) in [6.07, 6.45) is -4.10. The Bertz CT molecular complexity index is 724. The summed E-state index contributed by atoms with van der Waals surface area (Å²) in [5.41, 5.74) is 1.62. The number of carboxylic acid groups (broad SMARTS) is 1. The number of aliphatic carboxylic acids is 1. The number of aromatic nitrogens is 1. The molecule has 1 aliphatic rings. The highest BCUT2D eigenvalue weighted by molar-refractivity contribution is 9.07. The van der Waals surface area contributed by atoms with Crippen LogP contribution in [-0.4, -0.2) is 51.2 Å². The molecule has 10 heteroatoms. The van der Waals surface area contributed by atoms with E-state index in [2.05, 4.69) is 26.4 Å². The van der Waals surface area contributed by atoms with Crippen molar-refractivity contribution in [1.29, 1.82) is 0 Å². The minimum atomic E-state index is -5.08. The van der Waals surface area contributed by atoms with Gasteiger partial charge in [0.05, 0.1) is 22.2 Å². The highest BCUT2D eigenvalue weighted by Gasteiger charge is 2.38. The van der Waals surface area contributed by atoms with Gasteiger partial charge in [0.1, 0.15) is 5.69 Å². The molecule has 1 saturated heterocycles. The summed E-state index contributed by atoms with van der Waals surface area (Å²) in [6, 6.07) is 10.0. The van der Waals surface area contributed by atoms with E-state index in [0.717, 1.165) is 30.4 Å². The highest BCUT2D eigenvalue weighted by Crippen LogP contribution is 2.20. The van der Waals surface area contributed by atoms with Crippen LogP contribution in [0.15, 0.2) is 30.3 Å². The normalized spacial score (nSPS) is 17.0. The summed E-state index contributed by atoms with van der Waals surface area (Å²) in [6.45, 7) is 1.81. The third kappa shape index (κ3) is 4.95. The maximum atomic E-state index is 12.3. The number of benzene rings is 1. The van der Waals surface area contributed by atoms with Crippen molar-refractivity contribution in [2.45, 2.75) is 18.6 Å².